The predicted molar refractivity (Wildman–Crippen MR) is 46.5 cm³/mol. The van der Waals surface area contributed by atoms with Crippen molar-refractivity contribution in [3.05, 3.63) is 0 Å². The Bertz CT molecular complexity index is 121. The van der Waals surface area contributed by atoms with Gasteiger partial charge in [-0.1, -0.05) is 19.2 Å². The third-order valence-electron chi connectivity index (χ3n) is 1.40. The average Bonchev–Trinajstić information content (AvgIpc) is 1.97. The molecule has 0 fully saturated rings. The zero-order valence-electron chi connectivity index (χ0n) is 6.29. The minimum Gasteiger partial charge on any atom is -0.480 e. The van der Waals surface area contributed by atoms with Crippen LogP contribution in [0.25, 0.3) is 0 Å². The fourth-order valence-corrected chi connectivity index (χ4v) is 0.976. The highest BCUT2D eigenvalue weighted by atomic mass is 32.1. The molecule has 0 rings (SSSR count). The largest absolute Gasteiger partial charge is 0.480 e. The van der Waals surface area contributed by atoms with Crippen molar-refractivity contribution in [3.8, 4) is 0 Å². The van der Waals surface area contributed by atoms with Crippen LogP contribution in [0.2, 0.25) is 0 Å². The first kappa shape index (κ1) is 10.7. The van der Waals surface area contributed by atoms with Crippen molar-refractivity contribution in [2.45, 2.75) is 25.3 Å². The van der Waals surface area contributed by atoms with Gasteiger partial charge in [0.05, 0.1) is 0 Å². The minimum absolute atomic E-state index is 0.551. The molecule has 66 valence electrons. The van der Waals surface area contributed by atoms with E-state index in [2.05, 4.69) is 17.5 Å². The van der Waals surface area contributed by atoms with Crippen LogP contribution < -0.4 is 10.5 Å². The van der Waals surface area contributed by atoms with Crippen LogP contribution in [0.1, 0.15) is 19.3 Å². The topological polar surface area (TPSA) is 75.3 Å². The molecule has 5 heteroatoms. The van der Waals surface area contributed by atoms with Crippen molar-refractivity contribution in [1.82, 2.24) is 4.72 Å². The van der Waals surface area contributed by atoms with Crippen molar-refractivity contribution in [2.24, 2.45) is 5.73 Å². The number of hydrogen-bond donors (Lipinski definition) is 4. The zero-order valence-corrected chi connectivity index (χ0v) is 7.18. The normalized spacial score (nSPS) is 12.9. The van der Waals surface area contributed by atoms with E-state index >= 15 is 0 Å². The molecule has 4 N–H and O–H groups in total. The van der Waals surface area contributed by atoms with Crippen LogP contribution in [0, 0.1) is 0 Å². The summed E-state index contributed by atoms with van der Waals surface area (Å²) in [5, 5.41) is 8.53. The summed E-state index contributed by atoms with van der Waals surface area (Å²) in [4.78, 5) is 10.4. The number of unbranched alkanes of at least 4 members (excludes halogenated alkanes) is 1. The monoisotopic (exact) mass is 178 g/mol. The van der Waals surface area contributed by atoms with Gasteiger partial charge in [0.1, 0.15) is 6.04 Å². The SMILES string of the molecule is NCCCC[C@H](NS)C(=O)O. The Morgan fingerprint density at radius 2 is 2.27 bits per heavy atom. The summed E-state index contributed by atoms with van der Waals surface area (Å²) in [5.74, 6) is -0.864. The molecule has 0 spiro atoms. The molecule has 4 nitrogen and oxygen atoms in total. The minimum atomic E-state index is -0.864. The van der Waals surface area contributed by atoms with E-state index in [0.29, 0.717) is 13.0 Å². The molecule has 0 aliphatic heterocycles. The van der Waals surface area contributed by atoms with Gasteiger partial charge >= 0.3 is 5.97 Å². The summed E-state index contributed by atoms with van der Waals surface area (Å²) in [6, 6.07) is -0.551. The molecule has 0 aliphatic carbocycles. The Kier molecular flexibility index (Phi) is 6.30. The molecular weight excluding hydrogens is 164 g/mol. The predicted octanol–water partition coefficient (Wildman–Crippen LogP) is 0.00300. The fraction of sp³-hybridized carbons (Fsp3) is 0.833. The van der Waals surface area contributed by atoms with E-state index in [0.717, 1.165) is 12.8 Å². The number of carbonyl (C=O) groups is 1. The second kappa shape index (κ2) is 6.45. The van der Waals surface area contributed by atoms with Crippen LogP contribution >= 0.6 is 12.8 Å². The van der Waals surface area contributed by atoms with Crippen molar-refractivity contribution < 1.29 is 9.90 Å². The second-order valence-corrected chi connectivity index (χ2v) is 2.56. The van der Waals surface area contributed by atoms with E-state index in [9.17, 15) is 4.79 Å². The number of carboxylic acids is 1. The van der Waals surface area contributed by atoms with Gasteiger partial charge in [0.15, 0.2) is 0 Å². The second-order valence-electron chi connectivity index (χ2n) is 2.30. The lowest BCUT2D eigenvalue weighted by Gasteiger charge is -2.08. The lowest BCUT2D eigenvalue weighted by atomic mass is 10.1. The maximum absolute atomic E-state index is 10.4. The summed E-state index contributed by atoms with van der Waals surface area (Å²) >= 11 is 3.70. The van der Waals surface area contributed by atoms with Crippen molar-refractivity contribution >= 4 is 18.8 Å². The summed E-state index contributed by atoms with van der Waals surface area (Å²) in [6.45, 7) is 0.610. The Labute approximate surface area is 71.7 Å². The molecule has 0 saturated heterocycles. The van der Waals surface area contributed by atoms with Gasteiger partial charge in [-0.3, -0.25) is 9.52 Å². The number of rotatable bonds is 6. The first-order chi connectivity index (χ1) is 5.22. The number of carboxylic acid groups (broad SMARTS) is 1. The van der Waals surface area contributed by atoms with Gasteiger partial charge in [-0.2, -0.15) is 0 Å². The van der Waals surface area contributed by atoms with Crippen LogP contribution in [0.5, 0.6) is 0 Å². The molecule has 11 heavy (non-hydrogen) atoms. The Morgan fingerprint density at radius 3 is 2.64 bits per heavy atom. The van der Waals surface area contributed by atoms with E-state index in [1.54, 1.807) is 0 Å². The van der Waals surface area contributed by atoms with Crippen LogP contribution in [0.4, 0.5) is 0 Å². The molecule has 0 heterocycles. The molecule has 0 aliphatic rings. The van der Waals surface area contributed by atoms with E-state index in [1.165, 1.54) is 0 Å². The lowest BCUT2D eigenvalue weighted by Crippen LogP contribution is -2.30. The molecule has 0 amide bonds. The van der Waals surface area contributed by atoms with E-state index in [-0.39, 0.29) is 0 Å². The molecule has 0 aromatic rings. The molecule has 0 bridgehead atoms. The van der Waals surface area contributed by atoms with Crippen LogP contribution in [-0.4, -0.2) is 23.7 Å². The lowest BCUT2D eigenvalue weighted by molar-refractivity contribution is -0.139. The average molecular weight is 178 g/mol. The van der Waals surface area contributed by atoms with Gasteiger partial charge in [-0.15, -0.1) is 0 Å². The molecular formula is C6H14N2O2S. The summed E-state index contributed by atoms with van der Waals surface area (Å²) < 4.78 is 2.41. The van der Waals surface area contributed by atoms with Crippen LogP contribution in [-0.2, 0) is 4.79 Å². The van der Waals surface area contributed by atoms with E-state index < -0.39 is 12.0 Å². The van der Waals surface area contributed by atoms with Gasteiger partial charge in [0, 0.05) is 0 Å². The van der Waals surface area contributed by atoms with Gasteiger partial charge < -0.3 is 10.8 Å². The van der Waals surface area contributed by atoms with E-state index in [1.807, 2.05) is 0 Å². The smallest absolute Gasteiger partial charge is 0.321 e. The maximum atomic E-state index is 10.4. The molecule has 0 aromatic heterocycles. The first-order valence-corrected chi connectivity index (χ1v) is 3.99. The standard InChI is InChI=1S/C6H14N2O2S/c7-4-2-1-3-5(8-11)6(9)10/h5,8,11H,1-4,7H2,(H,9,10)/t5-/m0/s1. The van der Waals surface area contributed by atoms with Gasteiger partial charge in [-0.25, -0.2) is 0 Å². The Balaban J connectivity index is 3.44. The highest BCUT2D eigenvalue weighted by Crippen LogP contribution is 2.00. The number of nitrogens with two attached hydrogens (primary N) is 1. The molecule has 0 unspecified atom stereocenters. The van der Waals surface area contributed by atoms with Gasteiger partial charge in [0.2, 0.25) is 0 Å². The highest BCUT2D eigenvalue weighted by molar-refractivity contribution is 7.78. The van der Waals surface area contributed by atoms with Gasteiger partial charge in [0.25, 0.3) is 0 Å². The number of nitrogens with one attached hydrogen (secondary N) is 1. The van der Waals surface area contributed by atoms with Crippen molar-refractivity contribution in [1.29, 1.82) is 0 Å². The van der Waals surface area contributed by atoms with Crippen LogP contribution in [0.3, 0.4) is 0 Å². The number of aliphatic carboxylic acids is 1. The summed E-state index contributed by atoms with van der Waals surface area (Å²) in [5.41, 5.74) is 5.25. The highest BCUT2D eigenvalue weighted by Gasteiger charge is 2.13. The van der Waals surface area contributed by atoms with Gasteiger partial charge in [-0.05, 0) is 19.4 Å². The maximum Gasteiger partial charge on any atom is 0.321 e. The third-order valence-corrected chi connectivity index (χ3v) is 1.71. The van der Waals surface area contributed by atoms with Crippen molar-refractivity contribution in [2.75, 3.05) is 6.54 Å². The molecule has 0 aromatic carbocycles. The van der Waals surface area contributed by atoms with Crippen LogP contribution in [0.15, 0.2) is 0 Å². The third kappa shape index (κ3) is 5.06. The zero-order chi connectivity index (χ0) is 8.69. The first-order valence-electron chi connectivity index (χ1n) is 3.55. The number of hydrogen-bond acceptors (Lipinski definition) is 4. The summed E-state index contributed by atoms with van der Waals surface area (Å²) in [7, 11) is 0. The summed E-state index contributed by atoms with van der Waals surface area (Å²) in [6.07, 6.45) is 2.26. The Morgan fingerprint density at radius 1 is 1.64 bits per heavy atom. The molecule has 1 atom stereocenters. The molecule has 0 radical (unpaired) electrons. The molecule has 0 saturated carbocycles. The Hall–Kier alpha value is -0.260. The quantitative estimate of drug-likeness (QED) is 0.341. The van der Waals surface area contributed by atoms with E-state index in [4.69, 9.17) is 10.8 Å². The number of thiol groups is 1. The van der Waals surface area contributed by atoms with Crippen molar-refractivity contribution in [3.63, 3.8) is 0 Å². The fourth-order valence-electron chi connectivity index (χ4n) is 0.736.